The molecule has 1 saturated heterocycles. The second-order valence-electron chi connectivity index (χ2n) is 7.54. The molecule has 0 radical (unpaired) electrons. The first-order valence-electron chi connectivity index (χ1n) is 9.57. The first-order chi connectivity index (χ1) is 13.2. The summed E-state index contributed by atoms with van der Waals surface area (Å²) in [7, 11) is -0.884. The molecular weight excluding hydrogens is 381 g/mol. The zero-order valence-corrected chi connectivity index (χ0v) is 17.5. The van der Waals surface area contributed by atoms with Crippen LogP contribution in [0.3, 0.4) is 0 Å². The van der Waals surface area contributed by atoms with E-state index in [2.05, 4.69) is 10.00 Å². The van der Waals surface area contributed by atoms with Crippen LogP contribution >= 0.6 is 0 Å². The molecule has 154 valence electrons. The Labute approximate surface area is 166 Å². The Bertz CT molecular complexity index is 910. The van der Waals surface area contributed by atoms with E-state index in [9.17, 15) is 12.8 Å². The third kappa shape index (κ3) is 5.11. The van der Waals surface area contributed by atoms with Gasteiger partial charge in [-0.25, -0.2) is 12.8 Å². The van der Waals surface area contributed by atoms with E-state index < -0.39 is 9.84 Å². The fourth-order valence-electron chi connectivity index (χ4n) is 3.65. The molecule has 0 N–H and O–H groups in total. The normalized spacial score (nSPS) is 18.7. The average molecular weight is 410 g/mol. The van der Waals surface area contributed by atoms with Gasteiger partial charge >= 0.3 is 0 Å². The molecule has 0 spiro atoms. The van der Waals surface area contributed by atoms with E-state index in [4.69, 9.17) is 4.74 Å². The number of aromatic nitrogens is 2. The number of sulfone groups is 1. The molecule has 1 aromatic carbocycles. The molecule has 28 heavy (non-hydrogen) atoms. The summed E-state index contributed by atoms with van der Waals surface area (Å²) in [4.78, 5) is 2.21. The lowest BCUT2D eigenvalue weighted by atomic mass is 10.1. The highest BCUT2D eigenvalue weighted by molar-refractivity contribution is 7.91. The first kappa shape index (κ1) is 20.8. The highest BCUT2D eigenvalue weighted by atomic mass is 32.2. The van der Waals surface area contributed by atoms with E-state index in [-0.39, 0.29) is 23.4 Å². The van der Waals surface area contributed by atoms with Crippen molar-refractivity contribution in [2.24, 2.45) is 0 Å². The lowest BCUT2D eigenvalue weighted by Crippen LogP contribution is -2.21. The van der Waals surface area contributed by atoms with Crippen LogP contribution < -0.4 is 4.74 Å². The summed E-state index contributed by atoms with van der Waals surface area (Å²) in [6, 6.07) is 5.99. The molecule has 0 bridgehead atoms. The number of benzene rings is 1. The molecular formula is C20H28FN3O3S. The van der Waals surface area contributed by atoms with Crippen LogP contribution in [0.2, 0.25) is 0 Å². The lowest BCUT2D eigenvalue weighted by Gasteiger charge is -2.18. The van der Waals surface area contributed by atoms with E-state index in [1.165, 1.54) is 12.1 Å². The smallest absolute Gasteiger partial charge is 0.152 e. The molecule has 0 amide bonds. The van der Waals surface area contributed by atoms with Crippen molar-refractivity contribution in [1.82, 2.24) is 14.7 Å². The van der Waals surface area contributed by atoms with Crippen LogP contribution in [0.15, 0.2) is 24.3 Å². The molecule has 0 unspecified atom stereocenters. The largest absolute Gasteiger partial charge is 0.494 e. The van der Waals surface area contributed by atoms with E-state index in [1.54, 1.807) is 12.1 Å². The van der Waals surface area contributed by atoms with E-state index in [1.807, 2.05) is 25.6 Å². The SMILES string of the molecule is Cc1nn([C@@H]2CCS(=O)(=O)C2)c(C)c1CN(C)CCCOc1ccc(F)cc1. The number of ether oxygens (including phenoxy) is 1. The van der Waals surface area contributed by atoms with Crippen molar-refractivity contribution >= 4 is 9.84 Å². The standard InChI is InChI=1S/C20H28FN3O3S/c1-15-20(16(2)24(22-15)18-9-12-28(25,26)14-18)13-23(3)10-4-11-27-19-7-5-17(21)6-8-19/h5-8,18H,4,9-14H2,1-3H3/t18-/m1/s1. The van der Waals surface area contributed by atoms with E-state index in [0.29, 0.717) is 18.8 Å². The minimum Gasteiger partial charge on any atom is -0.494 e. The van der Waals surface area contributed by atoms with Crippen molar-refractivity contribution < 1.29 is 17.5 Å². The minimum atomic E-state index is -2.93. The summed E-state index contributed by atoms with van der Waals surface area (Å²) in [5.74, 6) is 0.835. The molecule has 1 aromatic heterocycles. The zero-order chi connectivity index (χ0) is 20.3. The fraction of sp³-hybridized carbons (Fsp3) is 0.550. The number of rotatable bonds is 8. The predicted molar refractivity (Wildman–Crippen MR) is 107 cm³/mol. The molecule has 0 aliphatic carbocycles. The van der Waals surface area contributed by atoms with E-state index >= 15 is 0 Å². The van der Waals surface area contributed by atoms with Gasteiger partial charge in [-0.05, 0) is 58.0 Å². The molecule has 1 aliphatic heterocycles. The average Bonchev–Trinajstić information content (AvgIpc) is 3.14. The third-order valence-corrected chi connectivity index (χ3v) is 6.97. The van der Waals surface area contributed by atoms with Crippen LogP contribution in [0.4, 0.5) is 4.39 Å². The maximum absolute atomic E-state index is 12.9. The molecule has 2 heterocycles. The summed E-state index contributed by atoms with van der Waals surface area (Å²) in [5, 5.41) is 4.62. The van der Waals surface area contributed by atoms with Gasteiger partial charge in [0.05, 0.1) is 29.8 Å². The van der Waals surface area contributed by atoms with Gasteiger partial charge in [0.25, 0.3) is 0 Å². The van der Waals surface area contributed by atoms with Gasteiger partial charge in [0, 0.05) is 24.3 Å². The molecule has 8 heteroatoms. The molecule has 1 atom stereocenters. The second-order valence-corrected chi connectivity index (χ2v) is 9.77. The van der Waals surface area contributed by atoms with Crippen molar-refractivity contribution in [2.75, 3.05) is 31.7 Å². The van der Waals surface area contributed by atoms with Crippen molar-refractivity contribution in [3.8, 4) is 5.75 Å². The van der Waals surface area contributed by atoms with Gasteiger partial charge in [-0.3, -0.25) is 4.68 Å². The lowest BCUT2D eigenvalue weighted by molar-refractivity contribution is 0.258. The number of hydrogen-bond acceptors (Lipinski definition) is 5. The van der Waals surface area contributed by atoms with Gasteiger partial charge in [0.2, 0.25) is 0 Å². The van der Waals surface area contributed by atoms with Gasteiger partial charge in [-0.15, -0.1) is 0 Å². The fourth-order valence-corrected chi connectivity index (χ4v) is 5.35. The summed E-state index contributed by atoms with van der Waals surface area (Å²) in [5.41, 5.74) is 3.16. The van der Waals surface area contributed by atoms with Crippen molar-refractivity contribution in [2.45, 2.75) is 39.3 Å². The summed E-state index contributed by atoms with van der Waals surface area (Å²) in [6.07, 6.45) is 1.49. The quantitative estimate of drug-likeness (QED) is 0.628. The molecule has 1 fully saturated rings. The highest BCUT2D eigenvalue weighted by Gasteiger charge is 2.31. The Morgan fingerprint density at radius 1 is 1.29 bits per heavy atom. The van der Waals surface area contributed by atoms with Gasteiger partial charge in [-0.2, -0.15) is 5.10 Å². The maximum Gasteiger partial charge on any atom is 0.152 e. The molecule has 0 saturated carbocycles. The Morgan fingerprint density at radius 3 is 2.64 bits per heavy atom. The van der Waals surface area contributed by atoms with Crippen LogP contribution in [0.1, 0.15) is 35.8 Å². The highest BCUT2D eigenvalue weighted by Crippen LogP contribution is 2.27. The summed E-state index contributed by atoms with van der Waals surface area (Å²) in [6.45, 7) is 6.17. The Hall–Kier alpha value is -1.93. The van der Waals surface area contributed by atoms with Crippen molar-refractivity contribution in [1.29, 1.82) is 0 Å². The Balaban J connectivity index is 1.51. The maximum atomic E-state index is 12.9. The van der Waals surface area contributed by atoms with Crippen molar-refractivity contribution in [3.05, 3.63) is 47.0 Å². The summed E-state index contributed by atoms with van der Waals surface area (Å²) >= 11 is 0. The van der Waals surface area contributed by atoms with E-state index in [0.717, 1.165) is 36.5 Å². The van der Waals surface area contributed by atoms with Crippen molar-refractivity contribution in [3.63, 3.8) is 0 Å². The van der Waals surface area contributed by atoms with Gasteiger partial charge in [0.15, 0.2) is 9.84 Å². The Kier molecular flexibility index (Phi) is 6.40. The molecule has 6 nitrogen and oxygen atoms in total. The van der Waals surface area contributed by atoms with Gasteiger partial charge in [-0.1, -0.05) is 0 Å². The monoisotopic (exact) mass is 409 g/mol. The number of nitrogens with zero attached hydrogens (tertiary/aromatic N) is 3. The van der Waals surface area contributed by atoms with Gasteiger partial charge < -0.3 is 9.64 Å². The van der Waals surface area contributed by atoms with Crippen LogP contribution in [-0.2, 0) is 16.4 Å². The number of halogens is 1. The zero-order valence-electron chi connectivity index (χ0n) is 16.7. The van der Waals surface area contributed by atoms with Gasteiger partial charge in [0.1, 0.15) is 11.6 Å². The second kappa shape index (κ2) is 8.61. The molecule has 1 aliphatic rings. The Morgan fingerprint density at radius 2 is 2.00 bits per heavy atom. The molecule has 3 rings (SSSR count). The van der Waals surface area contributed by atoms with Crippen LogP contribution in [0.5, 0.6) is 5.75 Å². The minimum absolute atomic E-state index is 0.0492. The molecule has 2 aromatic rings. The number of aryl methyl sites for hydroxylation is 1. The number of hydrogen-bond donors (Lipinski definition) is 0. The topological polar surface area (TPSA) is 64.4 Å². The van der Waals surface area contributed by atoms with Crippen LogP contribution in [0.25, 0.3) is 0 Å². The van der Waals surface area contributed by atoms with Crippen LogP contribution in [0, 0.1) is 19.7 Å². The van der Waals surface area contributed by atoms with Crippen LogP contribution in [-0.4, -0.2) is 54.8 Å². The third-order valence-electron chi connectivity index (χ3n) is 5.22. The predicted octanol–water partition coefficient (Wildman–Crippen LogP) is 2.90. The summed E-state index contributed by atoms with van der Waals surface area (Å²) < 4.78 is 44.0. The first-order valence-corrected chi connectivity index (χ1v) is 11.4.